The third-order valence-corrected chi connectivity index (χ3v) is 8.10. The van der Waals surface area contributed by atoms with Crippen LogP contribution >= 0.6 is 0 Å². The summed E-state index contributed by atoms with van der Waals surface area (Å²) in [5.74, 6) is -0.206. The summed E-state index contributed by atoms with van der Waals surface area (Å²) in [4.78, 5) is 20.3. The number of nitrogens with two attached hydrogens (primary N) is 1. The number of rotatable bonds is 6. The lowest BCUT2D eigenvalue weighted by Crippen LogP contribution is -2.64. The van der Waals surface area contributed by atoms with E-state index in [2.05, 4.69) is 22.0 Å². The van der Waals surface area contributed by atoms with Gasteiger partial charge in [-0.05, 0) is 68.7 Å². The minimum atomic E-state index is -4.47. The first kappa shape index (κ1) is 24.1. The molecule has 0 radical (unpaired) electrons. The van der Waals surface area contributed by atoms with Crippen LogP contribution in [-0.4, -0.2) is 58.2 Å². The van der Waals surface area contributed by atoms with E-state index in [-0.39, 0.29) is 12.6 Å². The maximum Gasteiger partial charge on any atom is 0.416 e. The Bertz CT molecular complexity index is 1110. The minimum absolute atomic E-state index is 0.0245. The van der Waals surface area contributed by atoms with E-state index < -0.39 is 23.2 Å². The lowest BCUT2D eigenvalue weighted by molar-refractivity contribution is -0.137. The molecule has 1 saturated carbocycles. The van der Waals surface area contributed by atoms with Crippen LogP contribution in [0.5, 0.6) is 0 Å². The summed E-state index contributed by atoms with van der Waals surface area (Å²) in [5.41, 5.74) is 5.19. The SMILES string of the molecule is NC(=O)CN(c1ccnc2ccc(C(F)(F)F)cc12)C1CN(C2CCC(C3(O)CC=CC3)CC2)C1. The molecule has 188 valence electrons. The fourth-order valence-corrected chi connectivity index (χ4v) is 6.09. The van der Waals surface area contributed by atoms with Crippen molar-refractivity contribution >= 4 is 22.5 Å². The van der Waals surface area contributed by atoms with Gasteiger partial charge in [-0.15, -0.1) is 0 Å². The van der Waals surface area contributed by atoms with Crippen molar-refractivity contribution in [2.24, 2.45) is 11.7 Å². The van der Waals surface area contributed by atoms with Gasteiger partial charge in [0.2, 0.25) is 5.91 Å². The van der Waals surface area contributed by atoms with Crippen molar-refractivity contribution < 1.29 is 23.1 Å². The van der Waals surface area contributed by atoms with Gasteiger partial charge < -0.3 is 15.7 Å². The fraction of sp³-hybridized carbons (Fsp3) is 0.538. The number of aliphatic hydroxyl groups is 1. The van der Waals surface area contributed by atoms with Crippen molar-refractivity contribution in [1.29, 1.82) is 0 Å². The zero-order valence-electron chi connectivity index (χ0n) is 19.5. The Morgan fingerprint density at radius 3 is 2.46 bits per heavy atom. The smallest absolute Gasteiger partial charge is 0.389 e. The van der Waals surface area contributed by atoms with Crippen LogP contribution in [0.25, 0.3) is 10.9 Å². The number of nitrogens with zero attached hydrogens (tertiary/aromatic N) is 3. The van der Waals surface area contributed by atoms with Gasteiger partial charge >= 0.3 is 6.18 Å². The number of anilines is 1. The molecule has 35 heavy (non-hydrogen) atoms. The first-order valence-corrected chi connectivity index (χ1v) is 12.3. The maximum absolute atomic E-state index is 13.4. The molecular formula is C26H31F3N4O2. The summed E-state index contributed by atoms with van der Waals surface area (Å²) >= 11 is 0. The lowest BCUT2D eigenvalue weighted by Gasteiger charge is -2.51. The van der Waals surface area contributed by atoms with Crippen LogP contribution < -0.4 is 10.6 Å². The summed E-state index contributed by atoms with van der Waals surface area (Å²) in [7, 11) is 0. The normalized spacial score (nSPS) is 25.0. The second-order valence-electron chi connectivity index (χ2n) is 10.3. The quantitative estimate of drug-likeness (QED) is 0.604. The topological polar surface area (TPSA) is 82.7 Å². The first-order valence-electron chi connectivity index (χ1n) is 12.3. The van der Waals surface area contributed by atoms with Gasteiger partial charge in [-0.3, -0.25) is 14.7 Å². The Hall–Kier alpha value is -2.65. The molecule has 1 saturated heterocycles. The number of carbonyl (C=O) groups excluding carboxylic acids is 1. The molecule has 0 unspecified atom stereocenters. The van der Waals surface area contributed by atoms with Crippen LogP contribution in [0.3, 0.4) is 0 Å². The van der Waals surface area contributed by atoms with Gasteiger partial charge in [-0.2, -0.15) is 13.2 Å². The van der Waals surface area contributed by atoms with Gasteiger partial charge in [0.1, 0.15) is 0 Å². The summed E-state index contributed by atoms with van der Waals surface area (Å²) in [6, 6.07) is 5.55. The number of amides is 1. The highest BCUT2D eigenvalue weighted by atomic mass is 19.4. The van der Waals surface area contributed by atoms with Gasteiger partial charge in [-0.25, -0.2) is 0 Å². The van der Waals surface area contributed by atoms with Gasteiger partial charge in [0, 0.05) is 36.4 Å². The molecule has 0 atom stereocenters. The maximum atomic E-state index is 13.4. The summed E-state index contributed by atoms with van der Waals surface area (Å²) in [6.45, 7) is 1.37. The lowest BCUT2D eigenvalue weighted by atomic mass is 9.73. The number of alkyl halides is 3. The van der Waals surface area contributed by atoms with Crippen molar-refractivity contribution in [3.63, 3.8) is 0 Å². The van der Waals surface area contributed by atoms with Crippen LogP contribution in [0.1, 0.15) is 44.1 Å². The standard InChI is InChI=1S/C26H31F3N4O2/c27-26(28,29)18-5-8-22-21(13-18)23(9-12-31-22)33(16-24(30)34)20-14-32(15-20)19-6-3-17(4-7-19)25(35)10-1-2-11-25/h1-2,5,8-9,12-13,17,19-20,35H,3-4,6-7,10-11,14-16H2,(H2,30,34). The fourth-order valence-electron chi connectivity index (χ4n) is 6.09. The molecule has 9 heteroatoms. The molecule has 3 aliphatic rings. The zero-order valence-corrected chi connectivity index (χ0v) is 19.5. The monoisotopic (exact) mass is 488 g/mol. The number of halogens is 3. The first-order chi connectivity index (χ1) is 16.6. The van der Waals surface area contributed by atoms with Crippen molar-refractivity contribution in [1.82, 2.24) is 9.88 Å². The minimum Gasteiger partial charge on any atom is -0.389 e. The van der Waals surface area contributed by atoms with E-state index in [0.717, 1.165) is 63.7 Å². The Kier molecular flexibility index (Phi) is 6.25. The van der Waals surface area contributed by atoms with E-state index in [1.807, 2.05) is 4.90 Å². The van der Waals surface area contributed by atoms with Crippen LogP contribution in [0.2, 0.25) is 0 Å². The van der Waals surface area contributed by atoms with E-state index in [1.165, 1.54) is 6.07 Å². The second kappa shape index (κ2) is 9.09. The molecule has 1 aliphatic heterocycles. The molecule has 1 aromatic carbocycles. The summed E-state index contributed by atoms with van der Waals surface area (Å²) < 4.78 is 40.1. The van der Waals surface area contributed by atoms with Crippen LogP contribution in [0, 0.1) is 5.92 Å². The van der Waals surface area contributed by atoms with E-state index in [4.69, 9.17) is 5.73 Å². The average molecular weight is 489 g/mol. The largest absolute Gasteiger partial charge is 0.416 e. The van der Waals surface area contributed by atoms with Gasteiger partial charge in [0.15, 0.2) is 0 Å². The van der Waals surface area contributed by atoms with E-state index in [0.29, 0.717) is 28.6 Å². The second-order valence-corrected chi connectivity index (χ2v) is 10.3. The molecule has 1 aromatic heterocycles. The van der Waals surface area contributed by atoms with E-state index in [9.17, 15) is 23.1 Å². The predicted molar refractivity (Wildman–Crippen MR) is 128 cm³/mol. The molecule has 5 rings (SSSR count). The Labute approximate surface area is 202 Å². The van der Waals surface area contributed by atoms with Gasteiger partial charge in [0.05, 0.1) is 29.3 Å². The number of fused-ring (bicyclic) bond motifs is 1. The number of pyridine rings is 1. The summed E-state index contributed by atoms with van der Waals surface area (Å²) in [5, 5.41) is 11.3. The van der Waals surface area contributed by atoms with Crippen molar-refractivity contribution in [2.75, 3.05) is 24.5 Å². The molecule has 3 N–H and O–H groups in total. The van der Waals surface area contributed by atoms with Gasteiger partial charge in [-0.1, -0.05) is 12.2 Å². The Morgan fingerprint density at radius 1 is 1.14 bits per heavy atom. The molecule has 1 amide bonds. The molecule has 0 spiro atoms. The molecule has 2 fully saturated rings. The van der Waals surface area contributed by atoms with Crippen molar-refractivity contribution in [2.45, 2.75) is 62.4 Å². The van der Waals surface area contributed by atoms with Crippen LogP contribution in [0.15, 0.2) is 42.6 Å². The highest BCUT2D eigenvalue weighted by molar-refractivity contribution is 5.94. The molecular weight excluding hydrogens is 457 g/mol. The molecule has 2 aliphatic carbocycles. The number of likely N-dealkylation sites (tertiary alicyclic amines) is 1. The van der Waals surface area contributed by atoms with E-state index >= 15 is 0 Å². The Morgan fingerprint density at radius 2 is 1.83 bits per heavy atom. The molecule has 2 aromatic rings. The molecule has 0 bridgehead atoms. The van der Waals surface area contributed by atoms with E-state index in [1.54, 1.807) is 12.3 Å². The van der Waals surface area contributed by atoms with Crippen LogP contribution in [-0.2, 0) is 11.0 Å². The third kappa shape index (κ3) is 4.76. The zero-order chi connectivity index (χ0) is 24.8. The van der Waals surface area contributed by atoms with Gasteiger partial charge in [0.25, 0.3) is 0 Å². The number of carbonyl (C=O) groups is 1. The number of aromatic nitrogens is 1. The highest BCUT2D eigenvalue weighted by Gasteiger charge is 2.43. The number of primary amides is 1. The predicted octanol–water partition coefficient (Wildman–Crippen LogP) is 3.87. The third-order valence-electron chi connectivity index (χ3n) is 8.10. The number of benzene rings is 1. The molecule has 6 nitrogen and oxygen atoms in total. The highest BCUT2D eigenvalue weighted by Crippen LogP contribution is 2.42. The summed E-state index contributed by atoms with van der Waals surface area (Å²) in [6.07, 6.45) is 6.72. The average Bonchev–Trinajstić information content (AvgIpc) is 3.24. The number of hydrogen-bond donors (Lipinski definition) is 2. The number of hydrogen-bond acceptors (Lipinski definition) is 5. The van der Waals surface area contributed by atoms with Crippen molar-refractivity contribution in [3.8, 4) is 0 Å². The molecule has 2 heterocycles. The van der Waals surface area contributed by atoms with Crippen molar-refractivity contribution in [3.05, 3.63) is 48.2 Å². The van der Waals surface area contributed by atoms with Crippen LogP contribution in [0.4, 0.5) is 18.9 Å². The Balaban J connectivity index is 1.30.